The Kier molecular flexibility index (Phi) is 8.06. The molecule has 1 aromatic heterocycles. The molecule has 1 aliphatic rings. The number of hydrogen-bond donors (Lipinski definition) is 2. The van der Waals surface area contributed by atoms with Gasteiger partial charge in [0.05, 0.1) is 18.2 Å². The van der Waals surface area contributed by atoms with Crippen LogP contribution in [-0.2, 0) is 13.0 Å². The summed E-state index contributed by atoms with van der Waals surface area (Å²) in [4.78, 5) is 22.4. The molecule has 0 spiro atoms. The molecule has 0 radical (unpaired) electrons. The summed E-state index contributed by atoms with van der Waals surface area (Å²) in [5.41, 5.74) is 2.95. The van der Waals surface area contributed by atoms with E-state index in [9.17, 15) is 9.90 Å². The Morgan fingerprint density at radius 3 is 2.36 bits per heavy atom. The smallest absolute Gasteiger partial charge is 0.255 e. The number of amides is 1. The number of nitrogens with zero attached hydrogens (tertiary/aromatic N) is 3. The largest absolute Gasteiger partial charge is 0.394 e. The van der Waals surface area contributed by atoms with E-state index in [1.807, 2.05) is 42.5 Å². The zero-order valence-electron chi connectivity index (χ0n) is 18.9. The normalized spacial score (nSPS) is 15.6. The maximum atomic E-state index is 13.2. The number of hydrogen-bond acceptors (Lipinski definition) is 5. The summed E-state index contributed by atoms with van der Waals surface area (Å²) in [6.07, 6.45) is 3.33. The molecule has 2 heterocycles. The molecule has 1 amide bonds. The third kappa shape index (κ3) is 6.40. The van der Waals surface area contributed by atoms with Crippen LogP contribution in [0.4, 0.5) is 5.82 Å². The summed E-state index contributed by atoms with van der Waals surface area (Å²) in [6, 6.07) is 23.7. The number of pyridine rings is 1. The Bertz CT molecular complexity index is 1010. The van der Waals surface area contributed by atoms with Crippen molar-refractivity contribution in [2.24, 2.45) is 0 Å². The number of aromatic nitrogens is 1. The van der Waals surface area contributed by atoms with Gasteiger partial charge in [-0.3, -0.25) is 9.69 Å². The average molecular weight is 445 g/mol. The number of rotatable bonds is 8. The van der Waals surface area contributed by atoms with Crippen molar-refractivity contribution in [2.75, 3.05) is 37.7 Å². The SMILES string of the molecule is O=C(NC(CO)Cc1ccccc1)c1cccnc1N1CCCN(Cc2ccccc2)CC1. The van der Waals surface area contributed by atoms with Crippen molar-refractivity contribution >= 4 is 11.7 Å². The Morgan fingerprint density at radius 2 is 1.64 bits per heavy atom. The van der Waals surface area contributed by atoms with Gasteiger partial charge < -0.3 is 15.3 Å². The highest BCUT2D eigenvalue weighted by Gasteiger charge is 2.22. The van der Waals surface area contributed by atoms with E-state index in [2.05, 4.69) is 44.4 Å². The molecular formula is C27H32N4O2. The van der Waals surface area contributed by atoms with Gasteiger partial charge in [0.15, 0.2) is 0 Å². The molecule has 0 bridgehead atoms. The second-order valence-electron chi connectivity index (χ2n) is 8.52. The van der Waals surface area contributed by atoms with Crippen molar-refractivity contribution in [3.63, 3.8) is 0 Å². The fourth-order valence-electron chi connectivity index (χ4n) is 4.33. The molecular weight excluding hydrogens is 412 g/mol. The highest BCUT2D eigenvalue weighted by Crippen LogP contribution is 2.20. The van der Waals surface area contributed by atoms with Gasteiger partial charge in [-0.05, 0) is 36.1 Å². The molecule has 0 aliphatic carbocycles. The lowest BCUT2D eigenvalue weighted by molar-refractivity contribution is 0.0916. The first-order chi connectivity index (χ1) is 16.2. The van der Waals surface area contributed by atoms with Crippen molar-refractivity contribution in [3.8, 4) is 0 Å². The van der Waals surface area contributed by atoms with E-state index < -0.39 is 0 Å². The number of carbonyl (C=O) groups excluding carboxylic acids is 1. The van der Waals surface area contributed by atoms with Gasteiger partial charge in [0.1, 0.15) is 5.82 Å². The maximum Gasteiger partial charge on any atom is 0.255 e. The summed E-state index contributed by atoms with van der Waals surface area (Å²) < 4.78 is 0. The minimum absolute atomic E-state index is 0.117. The van der Waals surface area contributed by atoms with Crippen molar-refractivity contribution in [2.45, 2.75) is 25.4 Å². The molecule has 6 nitrogen and oxygen atoms in total. The van der Waals surface area contributed by atoms with Gasteiger partial charge in [0.2, 0.25) is 0 Å². The minimum Gasteiger partial charge on any atom is -0.394 e. The third-order valence-electron chi connectivity index (χ3n) is 6.05. The van der Waals surface area contributed by atoms with E-state index in [0.29, 0.717) is 17.8 Å². The second-order valence-corrected chi connectivity index (χ2v) is 8.52. The van der Waals surface area contributed by atoms with Gasteiger partial charge in [0, 0.05) is 38.9 Å². The van der Waals surface area contributed by atoms with E-state index >= 15 is 0 Å². The van der Waals surface area contributed by atoms with Gasteiger partial charge in [-0.1, -0.05) is 60.7 Å². The predicted octanol–water partition coefficient (Wildman–Crippen LogP) is 3.13. The maximum absolute atomic E-state index is 13.2. The Balaban J connectivity index is 1.41. The summed E-state index contributed by atoms with van der Waals surface area (Å²) in [6.45, 7) is 4.42. The van der Waals surface area contributed by atoms with Crippen LogP contribution in [0.5, 0.6) is 0 Å². The van der Waals surface area contributed by atoms with Crippen LogP contribution < -0.4 is 10.2 Å². The van der Waals surface area contributed by atoms with Crippen molar-refractivity contribution < 1.29 is 9.90 Å². The fraction of sp³-hybridized carbons (Fsp3) is 0.333. The van der Waals surface area contributed by atoms with Crippen molar-refractivity contribution in [1.29, 1.82) is 0 Å². The Morgan fingerprint density at radius 1 is 0.909 bits per heavy atom. The third-order valence-corrected chi connectivity index (χ3v) is 6.05. The molecule has 2 aromatic carbocycles. The van der Waals surface area contributed by atoms with Gasteiger partial charge in [0.25, 0.3) is 5.91 Å². The molecule has 1 atom stereocenters. The molecule has 1 unspecified atom stereocenters. The van der Waals surface area contributed by atoms with E-state index in [1.165, 1.54) is 5.56 Å². The first kappa shape index (κ1) is 23.0. The van der Waals surface area contributed by atoms with Crippen LogP contribution in [0.2, 0.25) is 0 Å². The number of benzene rings is 2. The van der Waals surface area contributed by atoms with Crippen LogP contribution in [0.15, 0.2) is 79.0 Å². The van der Waals surface area contributed by atoms with Gasteiger partial charge in [-0.15, -0.1) is 0 Å². The number of aliphatic hydroxyl groups excluding tert-OH is 1. The molecule has 1 fully saturated rings. The van der Waals surface area contributed by atoms with Crippen molar-refractivity contribution in [1.82, 2.24) is 15.2 Å². The molecule has 2 N–H and O–H groups in total. The van der Waals surface area contributed by atoms with E-state index in [-0.39, 0.29) is 18.6 Å². The first-order valence-electron chi connectivity index (χ1n) is 11.6. The Hall–Kier alpha value is -3.22. The average Bonchev–Trinajstić information content (AvgIpc) is 3.10. The molecule has 1 aliphatic heterocycles. The fourth-order valence-corrected chi connectivity index (χ4v) is 4.33. The lowest BCUT2D eigenvalue weighted by atomic mass is 10.1. The topological polar surface area (TPSA) is 68.7 Å². The quantitative estimate of drug-likeness (QED) is 0.559. The number of aliphatic hydroxyl groups is 1. The molecule has 3 aromatic rings. The highest BCUT2D eigenvalue weighted by atomic mass is 16.3. The first-order valence-corrected chi connectivity index (χ1v) is 11.6. The number of anilines is 1. The molecule has 4 rings (SSSR count). The van der Waals surface area contributed by atoms with Crippen LogP contribution in [0.25, 0.3) is 0 Å². The lowest BCUT2D eigenvalue weighted by Crippen LogP contribution is -2.40. The van der Waals surface area contributed by atoms with Gasteiger partial charge in [-0.2, -0.15) is 0 Å². The van der Waals surface area contributed by atoms with Crippen LogP contribution in [-0.4, -0.2) is 59.7 Å². The molecule has 33 heavy (non-hydrogen) atoms. The van der Waals surface area contributed by atoms with Crippen LogP contribution in [0, 0.1) is 0 Å². The van der Waals surface area contributed by atoms with Crippen LogP contribution >= 0.6 is 0 Å². The standard InChI is InChI=1S/C27H32N4O2/c32-21-24(19-22-9-3-1-4-10-22)29-27(33)25-13-7-14-28-26(25)31-16-8-15-30(17-18-31)20-23-11-5-2-6-12-23/h1-7,9-14,24,32H,8,15-21H2,(H,29,33). The van der Waals surface area contributed by atoms with Crippen LogP contribution in [0.1, 0.15) is 27.9 Å². The van der Waals surface area contributed by atoms with Gasteiger partial charge >= 0.3 is 0 Å². The molecule has 6 heteroatoms. The Labute approximate surface area is 195 Å². The molecule has 172 valence electrons. The van der Waals surface area contributed by atoms with Crippen LogP contribution in [0.3, 0.4) is 0 Å². The summed E-state index contributed by atoms with van der Waals surface area (Å²) >= 11 is 0. The molecule has 0 saturated carbocycles. The summed E-state index contributed by atoms with van der Waals surface area (Å²) in [5, 5.41) is 12.8. The highest BCUT2D eigenvalue weighted by molar-refractivity contribution is 5.99. The number of carbonyl (C=O) groups is 1. The summed E-state index contributed by atoms with van der Waals surface area (Å²) in [5.74, 6) is 0.520. The predicted molar refractivity (Wildman–Crippen MR) is 131 cm³/mol. The summed E-state index contributed by atoms with van der Waals surface area (Å²) in [7, 11) is 0. The van der Waals surface area contributed by atoms with Crippen molar-refractivity contribution in [3.05, 3.63) is 95.7 Å². The zero-order chi connectivity index (χ0) is 22.9. The van der Waals surface area contributed by atoms with Gasteiger partial charge in [-0.25, -0.2) is 4.98 Å². The monoisotopic (exact) mass is 444 g/mol. The minimum atomic E-state index is -0.349. The lowest BCUT2D eigenvalue weighted by Gasteiger charge is -2.25. The van der Waals surface area contributed by atoms with E-state index in [1.54, 1.807) is 12.3 Å². The number of nitrogens with one attached hydrogen (secondary N) is 1. The molecule has 1 saturated heterocycles. The second kappa shape index (κ2) is 11.6. The van der Waals surface area contributed by atoms with E-state index in [4.69, 9.17) is 0 Å². The van der Waals surface area contributed by atoms with E-state index in [0.717, 1.165) is 44.7 Å². The zero-order valence-corrected chi connectivity index (χ0v) is 18.9.